The molecule has 0 aliphatic carbocycles. The van der Waals surface area contributed by atoms with Crippen LogP contribution in [0.25, 0.3) is 0 Å². The first-order valence-electron chi connectivity index (χ1n) is 5.31. The summed E-state index contributed by atoms with van der Waals surface area (Å²) in [6, 6.07) is 5.48. The summed E-state index contributed by atoms with van der Waals surface area (Å²) in [4.78, 5) is 2.12. The molecule has 1 unspecified atom stereocenters. The molecule has 1 N–H and O–H groups in total. The highest BCUT2D eigenvalue weighted by molar-refractivity contribution is 9.10. The van der Waals surface area contributed by atoms with Crippen molar-refractivity contribution in [2.24, 2.45) is 0 Å². The maximum absolute atomic E-state index is 13.2. The second-order valence-corrected chi connectivity index (χ2v) is 5.05. The molecule has 1 rings (SSSR count). The molecule has 0 spiro atoms. The number of halogens is 2. The zero-order chi connectivity index (χ0) is 12.1. The lowest BCUT2D eigenvalue weighted by Gasteiger charge is -2.18. The summed E-state index contributed by atoms with van der Waals surface area (Å²) in [6.07, 6.45) is 0. The Kier molecular flexibility index (Phi) is 5.38. The first kappa shape index (κ1) is 13.6. The van der Waals surface area contributed by atoms with Crippen molar-refractivity contribution in [3.63, 3.8) is 0 Å². The van der Waals surface area contributed by atoms with E-state index >= 15 is 0 Å². The fourth-order valence-electron chi connectivity index (χ4n) is 1.58. The average molecular weight is 289 g/mol. The molecule has 0 aliphatic rings. The van der Waals surface area contributed by atoms with E-state index < -0.39 is 0 Å². The fourth-order valence-corrected chi connectivity index (χ4v) is 1.99. The Morgan fingerprint density at radius 3 is 2.75 bits per heavy atom. The van der Waals surface area contributed by atoms with Crippen LogP contribution >= 0.6 is 15.9 Å². The number of nitrogens with zero attached hydrogens (tertiary/aromatic N) is 1. The lowest BCUT2D eigenvalue weighted by atomic mass is 10.2. The number of benzene rings is 1. The topological polar surface area (TPSA) is 15.3 Å². The summed E-state index contributed by atoms with van der Waals surface area (Å²) >= 11 is 3.26. The standard InChI is InChI=1S/C12H18BrFN2/c1-9(8-16(2)3)15-7-10-5-4-6-11(14)12(10)13/h4-6,9,15H,7-8H2,1-3H3. The van der Waals surface area contributed by atoms with Crippen LogP contribution in [0, 0.1) is 5.82 Å². The van der Waals surface area contributed by atoms with Crippen molar-refractivity contribution in [3.8, 4) is 0 Å². The molecule has 1 aromatic carbocycles. The highest BCUT2D eigenvalue weighted by Crippen LogP contribution is 2.20. The number of rotatable bonds is 5. The Morgan fingerprint density at radius 2 is 2.12 bits per heavy atom. The van der Waals surface area contributed by atoms with Crippen LogP contribution in [0.1, 0.15) is 12.5 Å². The Labute approximate surface area is 105 Å². The van der Waals surface area contributed by atoms with Gasteiger partial charge in [0.2, 0.25) is 0 Å². The van der Waals surface area contributed by atoms with Crippen molar-refractivity contribution in [2.45, 2.75) is 19.5 Å². The van der Waals surface area contributed by atoms with Gasteiger partial charge in [0.25, 0.3) is 0 Å². The van der Waals surface area contributed by atoms with Crippen LogP contribution in [0.4, 0.5) is 4.39 Å². The van der Waals surface area contributed by atoms with E-state index in [-0.39, 0.29) is 5.82 Å². The lowest BCUT2D eigenvalue weighted by molar-refractivity contribution is 0.349. The van der Waals surface area contributed by atoms with Crippen molar-refractivity contribution in [2.75, 3.05) is 20.6 Å². The normalized spacial score (nSPS) is 13.1. The van der Waals surface area contributed by atoms with E-state index in [9.17, 15) is 4.39 Å². The predicted molar refractivity (Wildman–Crippen MR) is 69.0 cm³/mol. The second kappa shape index (κ2) is 6.33. The van der Waals surface area contributed by atoms with Gasteiger partial charge in [-0.3, -0.25) is 0 Å². The largest absolute Gasteiger partial charge is 0.309 e. The molecule has 2 nitrogen and oxygen atoms in total. The van der Waals surface area contributed by atoms with Crippen LogP contribution < -0.4 is 5.32 Å². The van der Waals surface area contributed by atoms with Crippen molar-refractivity contribution in [3.05, 3.63) is 34.1 Å². The van der Waals surface area contributed by atoms with Crippen LogP contribution in [-0.2, 0) is 6.54 Å². The zero-order valence-electron chi connectivity index (χ0n) is 9.93. The molecule has 0 fully saturated rings. The Bertz CT molecular complexity index is 342. The number of hydrogen-bond donors (Lipinski definition) is 1. The van der Waals surface area contributed by atoms with E-state index in [2.05, 4.69) is 33.1 Å². The third-order valence-corrected chi connectivity index (χ3v) is 3.20. The minimum atomic E-state index is -0.209. The highest BCUT2D eigenvalue weighted by atomic mass is 79.9. The molecule has 0 bridgehead atoms. The minimum absolute atomic E-state index is 0.209. The van der Waals surface area contributed by atoms with E-state index in [0.717, 1.165) is 12.1 Å². The first-order chi connectivity index (χ1) is 7.50. The molecular formula is C12H18BrFN2. The molecule has 0 amide bonds. The average Bonchev–Trinajstić information content (AvgIpc) is 2.19. The molecule has 0 heterocycles. The predicted octanol–water partition coefficient (Wildman–Crippen LogP) is 2.63. The van der Waals surface area contributed by atoms with Gasteiger partial charge in [0.05, 0.1) is 4.47 Å². The van der Waals surface area contributed by atoms with Crippen LogP contribution in [0.2, 0.25) is 0 Å². The van der Waals surface area contributed by atoms with Gasteiger partial charge in [-0.15, -0.1) is 0 Å². The Balaban J connectivity index is 2.51. The summed E-state index contributed by atoms with van der Waals surface area (Å²) < 4.78 is 13.8. The monoisotopic (exact) mass is 288 g/mol. The molecule has 1 aromatic rings. The smallest absolute Gasteiger partial charge is 0.137 e. The summed E-state index contributed by atoms with van der Waals surface area (Å²) in [5.74, 6) is -0.209. The third-order valence-electron chi connectivity index (χ3n) is 2.31. The van der Waals surface area contributed by atoms with Crippen LogP contribution in [0.3, 0.4) is 0 Å². The SMILES string of the molecule is CC(CN(C)C)NCc1cccc(F)c1Br. The summed E-state index contributed by atoms with van der Waals surface area (Å²) in [5, 5.41) is 3.36. The fraction of sp³-hybridized carbons (Fsp3) is 0.500. The quantitative estimate of drug-likeness (QED) is 0.896. The van der Waals surface area contributed by atoms with E-state index in [1.807, 2.05) is 20.2 Å². The van der Waals surface area contributed by atoms with Crippen LogP contribution in [0.15, 0.2) is 22.7 Å². The van der Waals surface area contributed by atoms with Gasteiger partial charge in [0.1, 0.15) is 5.82 Å². The molecule has 90 valence electrons. The Morgan fingerprint density at radius 1 is 1.44 bits per heavy atom. The van der Waals surface area contributed by atoms with E-state index in [1.54, 1.807) is 6.07 Å². The number of nitrogens with one attached hydrogen (secondary N) is 1. The lowest BCUT2D eigenvalue weighted by Crippen LogP contribution is -2.35. The Hall–Kier alpha value is -0.450. The summed E-state index contributed by atoms with van der Waals surface area (Å²) in [6.45, 7) is 3.76. The molecule has 16 heavy (non-hydrogen) atoms. The third kappa shape index (κ3) is 4.20. The molecule has 4 heteroatoms. The van der Waals surface area contributed by atoms with E-state index in [1.165, 1.54) is 6.07 Å². The van der Waals surface area contributed by atoms with Gasteiger partial charge in [-0.25, -0.2) is 4.39 Å². The van der Waals surface area contributed by atoms with Gasteiger partial charge in [-0.1, -0.05) is 12.1 Å². The number of likely N-dealkylation sites (N-methyl/N-ethyl adjacent to an activating group) is 1. The van der Waals surface area contributed by atoms with Crippen LogP contribution in [-0.4, -0.2) is 31.6 Å². The summed E-state index contributed by atoms with van der Waals surface area (Å²) in [7, 11) is 4.08. The molecule has 0 aromatic heterocycles. The maximum Gasteiger partial charge on any atom is 0.137 e. The highest BCUT2D eigenvalue weighted by Gasteiger charge is 2.07. The van der Waals surface area contributed by atoms with Gasteiger partial charge < -0.3 is 10.2 Å². The maximum atomic E-state index is 13.2. The molecule has 0 aliphatic heterocycles. The zero-order valence-corrected chi connectivity index (χ0v) is 11.5. The van der Waals surface area contributed by atoms with E-state index in [4.69, 9.17) is 0 Å². The van der Waals surface area contributed by atoms with Crippen molar-refractivity contribution in [1.82, 2.24) is 10.2 Å². The minimum Gasteiger partial charge on any atom is -0.309 e. The van der Waals surface area contributed by atoms with Gasteiger partial charge in [-0.2, -0.15) is 0 Å². The molecule has 1 atom stereocenters. The summed E-state index contributed by atoms with van der Waals surface area (Å²) in [5.41, 5.74) is 0.950. The van der Waals surface area contributed by atoms with Crippen molar-refractivity contribution < 1.29 is 4.39 Å². The van der Waals surface area contributed by atoms with Gasteiger partial charge >= 0.3 is 0 Å². The first-order valence-corrected chi connectivity index (χ1v) is 6.11. The molecule has 0 saturated heterocycles. The second-order valence-electron chi connectivity index (χ2n) is 4.26. The van der Waals surface area contributed by atoms with Crippen LogP contribution in [0.5, 0.6) is 0 Å². The van der Waals surface area contributed by atoms with Gasteiger partial charge in [-0.05, 0) is 48.6 Å². The van der Waals surface area contributed by atoms with E-state index in [0.29, 0.717) is 17.1 Å². The van der Waals surface area contributed by atoms with Crippen molar-refractivity contribution in [1.29, 1.82) is 0 Å². The van der Waals surface area contributed by atoms with Gasteiger partial charge in [0.15, 0.2) is 0 Å². The molecule has 0 saturated carbocycles. The molecule has 0 radical (unpaired) electrons. The van der Waals surface area contributed by atoms with Crippen molar-refractivity contribution >= 4 is 15.9 Å². The van der Waals surface area contributed by atoms with Gasteiger partial charge in [0, 0.05) is 19.1 Å². The number of hydrogen-bond acceptors (Lipinski definition) is 2. The molecular weight excluding hydrogens is 271 g/mol.